The van der Waals surface area contributed by atoms with Crippen LogP contribution in [-0.4, -0.2) is 24.3 Å². The zero-order chi connectivity index (χ0) is 23.7. The molecule has 0 atom stereocenters. The van der Waals surface area contributed by atoms with Crippen molar-refractivity contribution in [3.63, 3.8) is 0 Å². The number of rotatable bonds is 5. The third kappa shape index (κ3) is 4.38. The molecule has 7 nitrogen and oxygen atoms in total. The van der Waals surface area contributed by atoms with Crippen LogP contribution in [0.2, 0.25) is 0 Å². The first kappa shape index (κ1) is 21.4. The molecule has 0 bridgehead atoms. The van der Waals surface area contributed by atoms with Crippen LogP contribution in [0.3, 0.4) is 0 Å². The highest BCUT2D eigenvalue weighted by Gasteiger charge is 2.32. The number of hydrogen-bond donors (Lipinski definition) is 0. The Kier molecular flexibility index (Phi) is 5.33. The van der Waals surface area contributed by atoms with E-state index in [0.29, 0.717) is 23.2 Å². The molecule has 0 fully saturated rings. The summed E-state index contributed by atoms with van der Waals surface area (Å²) in [6, 6.07) is 12.0. The molecular formula is C24H16F3N5O2. The van der Waals surface area contributed by atoms with E-state index in [0.717, 1.165) is 17.3 Å². The standard InChI is InChI=1S/C24H16F3N5O2/c1-15-2-3-19(10-20(15)24(25,26)27)33-17-4-6-18(7-5-17)34-22-8-9-32-21(13-30-23(32)31-22)16-11-28-14-29-12-16/h2-14H,1H3. The summed E-state index contributed by atoms with van der Waals surface area (Å²) in [7, 11) is 0. The third-order valence-corrected chi connectivity index (χ3v) is 5.01. The van der Waals surface area contributed by atoms with Crippen LogP contribution in [0, 0.1) is 6.92 Å². The van der Waals surface area contributed by atoms with Crippen LogP contribution in [0.1, 0.15) is 11.1 Å². The predicted molar refractivity (Wildman–Crippen MR) is 117 cm³/mol. The summed E-state index contributed by atoms with van der Waals surface area (Å²) in [6.07, 6.45) is 3.83. The molecule has 3 heterocycles. The molecule has 34 heavy (non-hydrogen) atoms. The molecule has 0 spiro atoms. The van der Waals surface area contributed by atoms with Gasteiger partial charge in [0, 0.05) is 30.2 Å². The van der Waals surface area contributed by atoms with Crippen molar-refractivity contribution in [2.75, 3.05) is 0 Å². The smallest absolute Gasteiger partial charge is 0.416 e. The van der Waals surface area contributed by atoms with Gasteiger partial charge in [-0.1, -0.05) is 6.07 Å². The molecule has 0 aliphatic carbocycles. The van der Waals surface area contributed by atoms with E-state index in [4.69, 9.17) is 9.47 Å². The Morgan fingerprint density at radius 2 is 1.50 bits per heavy atom. The minimum atomic E-state index is -4.44. The second-order valence-corrected chi connectivity index (χ2v) is 7.36. The fraction of sp³-hybridized carbons (Fsp3) is 0.0833. The monoisotopic (exact) mass is 463 g/mol. The molecule has 0 unspecified atom stereocenters. The Morgan fingerprint density at radius 1 is 0.824 bits per heavy atom. The maximum Gasteiger partial charge on any atom is 0.416 e. The summed E-state index contributed by atoms with van der Waals surface area (Å²) in [4.78, 5) is 16.7. The molecule has 0 aliphatic rings. The quantitative estimate of drug-likeness (QED) is 0.314. The van der Waals surface area contributed by atoms with E-state index < -0.39 is 11.7 Å². The lowest BCUT2D eigenvalue weighted by Crippen LogP contribution is -2.07. The van der Waals surface area contributed by atoms with Crippen LogP contribution in [0.5, 0.6) is 23.1 Å². The number of imidazole rings is 1. The lowest BCUT2D eigenvalue weighted by molar-refractivity contribution is -0.138. The molecule has 0 saturated carbocycles. The fourth-order valence-corrected chi connectivity index (χ4v) is 3.36. The van der Waals surface area contributed by atoms with E-state index in [1.807, 2.05) is 0 Å². The number of hydrogen-bond acceptors (Lipinski definition) is 6. The van der Waals surface area contributed by atoms with E-state index in [1.165, 1.54) is 25.4 Å². The van der Waals surface area contributed by atoms with Gasteiger partial charge in [-0.05, 0) is 48.9 Å². The van der Waals surface area contributed by atoms with Crippen molar-refractivity contribution in [3.05, 3.63) is 90.8 Å². The van der Waals surface area contributed by atoms with Gasteiger partial charge in [0.15, 0.2) is 0 Å². The highest BCUT2D eigenvalue weighted by Crippen LogP contribution is 2.35. The van der Waals surface area contributed by atoms with Crippen molar-refractivity contribution in [3.8, 4) is 34.4 Å². The zero-order valence-electron chi connectivity index (χ0n) is 17.7. The number of aromatic nitrogens is 5. The lowest BCUT2D eigenvalue weighted by atomic mass is 10.1. The van der Waals surface area contributed by atoms with E-state index >= 15 is 0 Å². The van der Waals surface area contributed by atoms with Gasteiger partial charge in [-0.3, -0.25) is 4.40 Å². The minimum Gasteiger partial charge on any atom is -0.457 e. The van der Waals surface area contributed by atoms with E-state index in [9.17, 15) is 13.2 Å². The van der Waals surface area contributed by atoms with Crippen molar-refractivity contribution in [1.29, 1.82) is 0 Å². The number of aryl methyl sites for hydroxylation is 1. The number of benzene rings is 2. The number of fused-ring (bicyclic) bond motifs is 1. The molecule has 0 aliphatic heterocycles. The Bertz CT molecular complexity index is 1450. The van der Waals surface area contributed by atoms with Gasteiger partial charge >= 0.3 is 6.18 Å². The zero-order valence-corrected chi connectivity index (χ0v) is 17.7. The summed E-state index contributed by atoms with van der Waals surface area (Å²) in [6.45, 7) is 1.41. The van der Waals surface area contributed by atoms with Gasteiger partial charge in [-0.15, -0.1) is 0 Å². The van der Waals surface area contributed by atoms with Crippen molar-refractivity contribution < 1.29 is 22.6 Å². The Hall–Kier alpha value is -4.47. The highest BCUT2D eigenvalue weighted by atomic mass is 19.4. The molecule has 0 saturated heterocycles. The summed E-state index contributed by atoms with van der Waals surface area (Å²) >= 11 is 0. The van der Waals surface area contributed by atoms with Gasteiger partial charge in [0.25, 0.3) is 0 Å². The molecule has 0 radical (unpaired) electrons. The summed E-state index contributed by atoms with van der Waals surface area (Å²) in [5.41, 5.74) is 1.00. The average Bonchev–Trinajstić information content (AvgIpc) is 3.25. The summed E-state index contributed by atoms with van der Waals surface area (Å²) in [5, 5.41) is 0. The van der Waals surface area contributed by atoms with E-state index in [1.54, 1.807) is 59.5 Å². The van der Waals surface area contributed by atoms with Crippen LogP contribution in [0.4, 0.5) is 13.2 Å². The largest absolute Gasteiger partial charge is 0.457 e. The summed E-state index contributed by atoms with van der Waals surface area (Å²) in [5.74, 6) is 1.72. The lowest BCUT2D eigenvalue weighted by Gasteiger charge is -2.13. The molecule has 5 aromatic rings. The number of nitrogens with zero attached hydrogens (tertiary/aromatic N) is 5. The normalized spacial score (nSPS) is 11.5. The Labute approximate surface area is 191 Å². The van der Waals surface area contributed by atoms with Gasteiger partial charge in [-0.25, -0.2) is 15.0 Å². The van der Waals surface area contributed by atoms with Crippen molar-refractivity contribution >= 4 is 5.78 Å². The highest BCUT2D eigenvalue weighted by molar-refractivity contribution is 5.60. The first-order chi connectivity index (χ1) is 16.4. The molecule has 170 valence electrons. The van der Waals surface area contributed by atoms with Crippen molar-refractivity contribution in [2.24, 2.45) is 0 Å². The van der Waals surface area contributed by atoms with Crippen molar-refractivity contribution in [1.82, 2.24) is 24.3 Å². The molecule has 2 aromatic carbocycles. The molecular weight excluding hydrogens is 447 g/mol. The second-order valence-electron chi connectivity index (χ2n) is 7.36. The Morgan fingerprint density at radius 3 is 2.21 bits per heavy atom. The van der Waals surface area contributed by atoms with E-state index in [-0.39, 0.29) is 11.3 Å². The number of ether oxygens (including phenoxy) is 2. The average molecular weight is 463 g/mol. The van der Waals surface area contributed by atoms with Crippen LogP contribution < -0.4 is 9.47 Å². The predicted octanol–water partition coefficient (Wildman–Crippen LogP) is 6.10. The first-order valence-corrected chi connectivity index (χ1v) is 10.1. The fourth-order valence-electron chi connectivity index (χ4n) is 3.36. The molecule has 3 aromatic heterocycles. The van der Waals surface area contributed by atoms with Gasteiger partial charge in [0.1, 0.15) is 23.6 Å². The maximum absolute atomic E-state index is 13.1. The molecule has 0 N–H and O–H groups in total. The number of halogens is 3. The molecule has 0 amide bonds. The summed E-state index contributed by atoms with van der Waals surface area (Å²) < 4.78 is 52.5. The first-order valence-electron chi connectivity index (χ1n) is 10.1. The maximum atomic E-state index is 13.1. The van der Waals surface area contributed by atoms with Crippen LogP contribution in [-0.2, 0) is 6.18 Å². The Balaban J connectivity index is 1.31. The number of alkyl halides is 3. The van der Waals surface area contributed by atoms with Gasteiger partial charge < -0.3 is 9.47 Å². The van der Waals surface area contributed by atoms with Gasteiger partial charge in [0.2, 0.25) is 11.7 Å². The van der Waals surface area contributed by atoms with Gasteiger partial charge in [-0.2, -0.15) is 18.2 Å². The van der Waals surface area contributed by atoms with Crippen LogP contribution in [0.25, 0.3) is 17.0 Å². The van der Waals surface area contributed by atoms with Crippen molar-refractivity contribution in [2.45, 2.75) is 13.1 Å². The minimum absolute atomic E-state index is 0.0950. The van der Waals surface area contributed by atoms with Crippen LogP contribution >= 0.6 is 0 Å². The van der Waals surface area contributed by atoms with Gasteiger partial charge in [0.05, 0.1) is 17.5 Å². The molecule has 10 heteroatoms. The molecule has 5 rings (SSSR count). The van der Waals surface area contributed by atoms with Crippen LogP contribution in [0.15, 0.2) is 79.6 Å². The third-order valence-electron chi connectivity index (χ3n) is 5.01. The second kappa shape index (κ2) is 8.47. The SMILES string of the molecule is Cc1ccc(Oc2ccc(Oc3ccn4c(-c5cncnc5)cnc4n3)cc2)cc1C(F)(F)F. The van der Waals surface area contributed by atoms with E-state index in [2.05, 4.69) is 19.9 Å². The topological polar surface area (TPSA) is 74.4 Å².